The van der Waals surface area contributed by atoms with Crippen molar-refractivity contribution in [1.82, 2.24) is 4.90 Å². The van der Waals surface area contributed by atoms with E-state index in [4.69, 9.17) is 9.16 Å². The number of amides is 1. The maximum absolute atomic E-state index is 13.2. The third-order valence-electron chi connectivity index (χ3n) is 5.74. The Bertz CT molecular complexity index is 576. The standard InChI is InChI=1S/C17H31NO5SSi/c1-15(2,3)17(6,23-25(8)9)10-12(19)18-11(14(20)22-7)16(4,5)24(21)13(10)18/h10-11,13,25H,1-9H3/t10-,11+,13-,17?,24?/m1/s1. The summed E-state index contributed by atoms with van der Waals surface area (Å²) in [6.45, 7) is 15.7. The topological polar surface area (TPSA) is 78.9 Å². The highest BCUT2D eigenvalue weighted by Gasteiger charge is 2.76. The van der Waals surface area contributed by atoms with Gasteiger partial charge in [0.25, 0.3) is 0 Å². The molecule has 6 nitrogen and oxygen atoms in total. The Labute approximate surface area is 155 Å². The molecule has 0 N–H and O–H groups in total. The number of hydrogen-bond acceptors (Lipinski definition) is 5. The molecule has 0 aliphatic carbocycles. The molecule has 2 heterocycles. The van der Waals surface area contributed by atoms with Gasteiger partial charge < -0.3 is 13.7 Å². The molecule has 0 saturated carbocycles. The van der Waals surface area contributed by atoms with Crippen LogP contribution in [0.15, 0.2) is 0 Å². The summed E-state index contributed by atoms with van der Waals surface area (Å²) in [7, 11) is -0.158. The molecule has 8 heteroatoms. The number of nitrogens with zero attached hydrogens (tertiary/aromatic N) is 1. The van der Waals surface area contributed by atoms with Gasteiger partial charge in [0.05, 0.1) is 12.7 Å². The molecule has 2 aliphatic rings. The van der Waals surface area contributed by atoms with Crippen LogP contribution in [0.5, 0.6) is 0 Å². The largest absolute Gasteiger partial charge is 0.614 e. The van der Waals surface area contributed by atoms with E-state index >= 15 is 0 Å². The van der Waals surface area contributed by atoms with Gasteiger partial charge in [-0.05, 0) is 50.5 Å². The highest BCUT2D eigenvalue weighted by molar-refractivity contribution is 7.93. The van der Waals surface area contributed by atoms with Crippen LogP contribution in [0.2, 0.25) is 13.1 Å². The highest BCUT2D eigenvalue weighted by Crippen LogP contribution is 2.56. The molecule has 144 valence electrons. The van der Waals surface area contributed by atoms with Crippen molar-refractivity contribution >= 4 is 32.1 Å². The van der Waals surface area contributed by atoms with Gasteiger partial charge in [0.2, 0.25) is 11.3 Å². The van der Waals surface area contributed by atoms with Gasteiger partial charge in [0.1, 0.15) is 5.92 Å². The van der Waals surface area contributed by atoms with Crippen molar-refractivity contribution in [2.24, 2.45) is 11.3 Å². The van der Waals surface area contributed by atoms with Crippen LogP contribution in [0.1, 0.15) is 41.5 Å². The molecule has 2 aliphatic heterocycles. The van der Waals surface area contributed by atoms with E-state index in [2.05, 4.69) is 13.1 Å². The second-order valence-corrected chi connectivity index (χ2v) is 13.4. The third kappa shape index (κ3) is 2.85. The predicted molar refractivity (Wildman–Crippen MR) is 100.0 cm³/mol. The van der Waals surface area contributed by atoms with E-state index in [9.17, 15) is 14.1 Å². The molecule has 1 amide bonds. The number of fused-ring (bicyclic) bond motifs is 1. The summed E-state index contributed by atoms with van der Waals surface area (Å²) in [5.74, 6) is -1.19. The number of hydrogen-bond donors (Lipinski definition) is 0. The lowest BCUT2D eigenvalue weighted by atomic mass is 9.66. The minimum Gasteiger partial charge on any atom is -0.614 e. The van der Waals surface area contributed by atoms with Crippen LogP contribution < -0.4 is 0 Å². The number of methoxy groups -OCH3 is 1. The average molecular weight is 390 g/mol. The number of ether oxygens (including phenoxy) is 1. The van der Waals surface area contributed by atoms with E-state index in [1.165, 1.54) is 12.0 Å². The quantitative estimate of drug-likeness (QED) is 0.316. The molecule has 2 fully saturated rings. The third-order valence-corrected chi connectivity index (χ3v) is 8.90. The van der Waals surface area contributed by atoms with Crippen LogP contribution in [0.4, 0.5) is 0 Å². The summed E-state index contributed by atoms with van der Waals surface area (Å²) in [5.41, 5.74) is -1.04. The minimum absolute atomic E-state index is 0.161. The van der Waals surface area contributed by atoms with Gasteiger partial charge in [0.15, 0.2) is 19.8 Å². The van der Waals surface area contributed by atoms with Crippen molar-refractivity contribution in [1.29, 1.82) is 0 Å². The maximum Gasteiger partial charge on any atom is 0.334 e. The number of carbonyl (C=O) groups excluding carboxylic acids is 2. The monoisotopic (exact) mass is 389 g/mol. The fourth-order valence-electron chi connectivity index (χ4n) is 3.97. The van der Waals surface area contributed by atoms with Crippen LogP contribution in [-0.4, -0.2) is 59.2 Å². The summed E-state index contributed by atoms with van der Waals surface area (Å²) < 4.78 is 23.6. The molecular weight excluding hydrogens is 358 g/mol. The second kappa shape index (κ2) is 6.25. The Morgan fingerprint density at radius 1 is 1.28 bits per heavy atom. The fourth-order valence-corrected chi connectivity index (χ4v) is 7.55. The summed E-state index contributed by atoms with van der Waals surface area (Å²) in [6.07, 6.45) is 0. The maximum atomic E-state index is 13.2. The normalized spacial score (nSPS) is 33.7. The van der Waals surface area contributed by atoms with Gasteiger partial charge in [-0.1, -0.05) is 20.8 Å². The minimum atomic E-state index is -1.45. The molecule has 0 aromatic rings. The molecule has 2 rings (SSSR count). The van der Waals surface area contributed by atoms with Gasteiger partial charge in [0, 0.05) is 0 Å². The molecule has 0 aromatic carbocycles. The van der Waals surface area contributed by atoms with Crippen molar-refractivity contribution in [3.05, 3.63) is 0 Å². The van der Waals surface area contributed by atoms with E-state index in [-0.39, 0.29) is 11.3 Å². The Morgan fingerprint density at radius 3 is 2.20 bits per heavy atom. The first-order valence-electron chi connectivity index (χ1n) is 8.70. The summed E-state index contributed by atoms with van der Waals surface area (Å²) in [4.78, 5) is 26.8. The van der Waals surface area contributed by atoms with E-state index in [0.717, 1.165) is 0 Å². The first-order chi connectivity index (χ1) is 11.2. The van der Waals surface area contributed by atoms with E-state index in [1.807, 2.05) is 27.7 Å². The molecule has 0 spiro atoms. The van der Waals surface area contributed by atoms with Crippen LogP contribution in [-0.2, 0) is 29.9 Å². The van der Waals surface area contributed by atoms with E-state index in [1.54, 1.807) is 13.8 Å². The Balaban J connectivity index is 2.48. The van der Waals surface area contributed by atoms with Crippen molar-refractivity contribution in [3.8, 4) is 0 Å². The fraction of sp³-hybridized carbons (Fsp3) is 0.882. The first kappa shape index (κ1) is 20.7. The zero-order valence-corrected chi connectivity index (χ0v) is 18.7. The molecule has 2 unspecified atom stereocenters. The van der Waals surface area contributed by atoms with E-state index < -0.39 is 53.9 Å². The molecular formula is C17H31NO5SSi. The van der Waals surface area contributed by atoms with Crippen molar-refractivity contribution in [2.45, 2.75) is 76.4 Å². The Kier molecular flexibility index (Phi) is 5.18. The van der Waals surface area contributed by atoms with Gasteiger partial charge in [-0.25, -0.2) is 4.79 Å². The zero-order chi connectivity index (χ0) is 19.5. The van der Waals surface area contributed by atoms with Crippen LogP contribution in [0.25, 0.3) is 0 Å². The Morgan fingerprint density at radius 2 is 1.80 bits per heavy atom. The predicted octanol–water partition coefficient (Wildman–Crippen LogP) is 1.66. The summed E-state index contributed by atoms with van der Waals surface area (Å²) in [5, 5.41) is -0.511. The number of rotatable bonds is 4. The van der Waals surface area contributed by atoms with Crippen LogP contribution in [0.3, 0.4) is 0 Å². The lowest BCUT2D eigenvalue weighted by molar-refractivity contribution is -0.184. The summed E-state index contributed by atoms with van der Waals surface area (Å²) >= 11 is -1.38. The van der Waals surface area contributed by atoms with Gasteiger partial charge in [-0.2, -0.15) is 0 Å². The van der Waals surface area contributed by atoms with Crippen LogP contribution in [0, 0.1) is 11.3 Å². The van der Waals surface area contributed by atoms with Crippen molar-refractivity contribution < 1.29 is 23.3 Å². The molecule has 2 saturated heterocycles. The lowest BCUT2D eigenvalue weighted by Crippen LogP contribution is -2.72. The average Bonchev–Trinajstić information content (AvgIpc) is 2.62. The van der Waals surface area contributed by atoms with Crippen LogP contribution >= 0.6 is 0 Å². The van der Waals surface area contributed by atoms with Gasteiger partial charge in [-0.15, -0.1) is 0 Å². The zero-order valence-electron chi connectivity index (χ0n) is 16.7. The lowest BCUT2D eigenvalue weighted by Gasteiger charge is -2.55. The molecule has 0 radical (unpaired) electrons. The van der Waals surface area contributed by atoms with Crippen molar-refractivity contribution in [3.63, 3.8) is 0 Å². The summed E-state index contributed by atoms with van der Waals surface area (Å²) in [6, 6.07) is -0.812. The van der Waals surface area contributed by atoms with Gasteiger partial charge in [-0.3, -0.25) is 9.69 Å². The SMILES string of the molecule is COC(=O)[C@@H]1N2C(=O)[C@@H](C(C)(O[SiH](C)C)C(C)(C)C)[C@H]2[S+]([O-])C1(C)C. The highest BCUT2D eigenvalue weighted by atomic mass is 32.2. The smallest absolute Gasteiger partial charge is 0.334 e. The second-order valence-electron chi connectivity index (χ2n) is 8.96. The number of esters is 1. The van der Waals surface area contributed by atoms with Gasteiger partial charge >= 0.3 is 5.97 Å². The van der Waals surface area contributed by atoms with Crippen molar-refractivity contribution in [2.75, 3.05) is 7.11 Å². The van der Waals surface area contributed by atoms with E-state index in [0.29, 0.717) is 0 Å². The molecule has 0 aromatic heterocycles. The first-order valence-corrected chi connectivity index (χ1v) is 12.7. The molecule has 25 heavy (non-hydrogen) atoms. The number of carbonyl (C=O) groups is 2. The number of β-lactam (4-membered cyclic amide) rings is 1. The molecule has 5 atom stereocenters. The Hall–Kier alpha value is -0.573. The molecule has 0 bridgehead atoms.